The van der Waals surface area contributed by atoms with Gasteiger partial charge in [0.2, 0.25) is 0 Å². The van der Waals surface area contributed by atoms with Gasteiger partial charge in [0.15, 0.2) is 11.6 Å². The van der Waals surface area contributed by atoms with Crippen LogP contribution in [-0.4, -0.2) is 10.1 Å². The largest absolute Gasteiger partial charge is 0.380 e. The summed E-state index contributed by atoms with van der Waals surface area (Å²) in [5, 5.41) is 3.87. The molecule has 0 aliphatic rings. The average Bonchev–Trinajstić information content (AvgIpc) is 2.85. The third-order valence-electron chi connectivity index (χ3n) is 3.06. The summed E-state index contributed by atoms with van der Waals surface area (Å²) in [5.74, 6) is 0.982. The first-order valence-corrected chi connectivity index (χ1v) is 6.89. The van der Waals surface area contributed by atoms with E-state index >= 15 is 0 Å². The Morgan fingerprint density at radius 2 is 2.05 bits per heavy atom. The van der Waals surface area contributed by atoms with Crippen LogP contribution in [-0.2, 0) is 0 Å². The molecule has 0 aliphatic carbocycles. The first-order valence-electron chi connectivity index (χ1n) is 6.10. The highest BCUT2D eigenvalue weighted by Gasteiger charge is 2.18. The second kappa shape index (κ2) is 5.09. The van der Waals surface area contributed by atoms with Crippen LogP contribution >= 0.6 is 15.9 Å². The summed E-state index contributed by atoms with van der Waals surface area (Å²) >= 11 is 3.49. The van der Waals surface area contributed by atoms with Gasteiger partial charge in [-0.15, -0.1) is 0 Å². The van der Waals surface area contributed by atoms with Gasteiger partial charge in [0.25, 0.3) is 0 Å². The van der Waals surface area contributed by atoms with Crippen LogP contribution in [0.5, 0.6) is 0 Å². The number of benzene rings is 1. The second-order valence-electron chi connectivity index (χ2n) is 4.45. The van der Waals surface area contributed by atoms with Gasteiger partial charge in [0.1, 0.15) is 0 Å². The maximum absolute atomic E-state index is 5.92. The van der Waals surface area contributed by atoms with Crippen molar-refractivity contribution in [2.75, 3.05) is 5.73 Å². The molecule has 5 heteroatoms. The van der Waals surface area contributed by atoms with Crippen molar-refractivity contribution in [1.82, 2.24) is 10.1 Å². The number of anilines is 1. The monoisotopic (exact) mass is 329 g/mol. The third-order valence-corrected chi connectivity index (χ3v) is 3.95. The molecule has 4 nitrogen and oxygen atoms in total. The molecule has 2 heterocycles. The summed E-state index contributed by atoms with van der Waals surface area (Å²) in [6, 6.07) is 11.6. The van der Waals surface area contributed by atoms with E-state index in [1.54, 1.807) is 6.20 Å². The molecule has 0 saturated heterocycles. The minimum atomic E-state index is 0.347. The Morgan fingerprint density at radius 3 is 2.75 bits per heavy atom. The fourth-order valence-corrected chi connectivity index (χ4v) is 2.29. The summed E-state index contributed by atoms with van der Waals surface area (Å²) in [5.41, 5.74) is 9.45. The minimum Gasteiger partial charge on any atom is -0.380 e. The van der Waals surface area contributed by atoms with Crippen molar-refractivity contribution < 1.29 is 4.52 Å². The van der Waals surface area contributed by atoms with Crippen LogP contribution in [0.1, 0.15) is 5.56 Å². The molecule has 2 aromatic heterocycles. The molecule has 0 unspecified atom stereocenters. The molecule has 1 aromatic carbocycles. The third kappa shape index (κ3) is 2.20. The summed E-state index contributed by atoms with van der Waals surface area (Å²) in [6.07, 6.45) is 1.72. The standard InChI is InChI=1S/C15H12BrN3O/c1-9-8-10(5-6-11(9)16)14-13(15(17)19-20-14)12-4-2-3-7-18-12/h2-8H,1H3,(H2,17,19). The lowest BCUT2D eigenvalue weighted by atomic mass is 10.0. The molecule has 20 heavy (non-hydrogen) atoms. The van der Waals surface area contributed by atoms with E-state index in [0.717, 1.165) is 26.9 Å². The lowest BCUT2D eigenvalue weighted by Crippen LogP contribution is -1.91. The molecule has 100 valence electrons. The van der Waals surface area contributed by atoms with Crippen molar-refractivity contribution >= 4 is 21.7 Å². The van der Waals surface area contributed by atoms with Gasteiger partial charge in [0, 0.05) is 16.2 Å². The Bertz CT molecular complexity index is 753. The first-order chi connectivity index (χ1) is 9.66. The van der Waals surface area contributed by atoms with Crippen LogP contribution in [0, 0.1) is 6.92 Å². The van der Waals surface area contributed by atoms with E-state index in [1.807, 2.05) is 43.3 Å². The molecule has 0 radical (unpaired) electrons. The van der Waals surface area contributed by atoms with Crippen molar-refractivity contribution in [2.24, 2.45) is 0 Å². The molecule has 0 spiro atoms. The SMILES string of the molecule is Cc1cc(-c2onc(N)c2-c2ccccn2)ccc1Br. The summed E-state index contributed by atoms with van der Waals surface area (Å²) in [4.78, 5) is 4.32. The highest BCUT2D eigenvalue weighted by atomic mass is 79.9. The van der Waals surface area contributed by atoms with Gasteiger partial charge in [-0.25, -0.2) is 0 Å². The molecule has 3 rings (SSSR count). The van der Waals surface area contributed by atoms with Gasteiger partial charge in [-0.05, 0) is 42.8 Å². The Hall–Kier alpha value is -2.14. The van der Waals surface area contributed by atoms with Crippen molar-refractivity contribution in [1.29, 1.82) is 0 Å². The van der Waals surface area contributed by atoms with E-state index < -0.39 is 0 Å². The molecular formula is C15H12BrN3O. The van der Waals surface area contributed by atoms with E-state index in [0.29, 0.717) is 11.6 Å². The molecule has 2 N–H and O–H groups in total. The second-order valence-corrected chi connectivity index (χ2v) is 5.31. The Kier molecular flexibility index (Phi) is 3.28. The van der Waals surface area contributed by atoms with E-state index in [9.17, 15) is 0 Å². The number of rotatable bonds is 2. The number of nitrogens with two attached hydrogens (primary N) is 1. The van der Waals surface area contributed by atoms with Crippen molar-refractivity contribution in [2.45, 2.75) is 6.92 Å². The highest BCUT2D eigenvalue weighted by Crippen LogP contribution is 2.36. The van der Waals surface area contributed by atoms with Gasteiger partial charge in [-0.3, -0.25) is 4.98 Å². The van der Waals surface area contributed by atoms with Gasteiger partial charge < -0.3 is 10.3 Å². The first kappa shape index (κ1) is 12.9. The predicted octanol–water partition coefficient (Wildman–Crippen LogP) is 4.06. The normalized spacial score (nSPS) is 10.7. The molecule has 0 saturated carbocycles. The van der Waals surface area contributed by atoms with Crippen LogP contribution < -0.4 is 5.73 Å². The Labute approximate surface area is 124 Å². The zero-order valence-corrected chi connectivity index (χ0v) is 12.4. The molecule has 0 atom stereocenters. The summed E-state index contributed by atoms with van der Waals surface area (Å²) in [6.45, 7) is 2.02. The number of halogens is 1. The number of nitrogens with zero attached hydrogens (tertiary/aromatic N) is 2. The van der Waals surface area contributed by atoms with Crippen LogP contribution in [0.2, 0.25) is 0 Å². The number of aryl methyl sites for hydroxylation is 1. The van der Waals surface area contributed by atoms with E-state index in [-0.39, 0.29) is 0 Å². The van der Waals surface area contributed by atoms with Crippen LogP contribution in [0.25, 0.3) is 22.6 Å². The van der Waals surface area contributed by atoms with Crippen molar-refractivity contribution in [3.8, 4) is 22.6 Å². The summed E-state index contributed by atoms with van der Waals surface area (Å²) in [7, 11) is 0. The predicted molar refractivity (Wildman–Crippen MR) is 82.0 cm³/mol. The number of aromatic nitrogens is 2. The Morgan fingerprint density at radius 1 is 1.20 bits per heavy atom. The number of nitrogen functional groups attached to an aromatic ring is 1. The van der Waals surface area contributed by atoms with Crippen LogP contribution in [0.15, 0.2) is 51.6 Å². The van der Waals surface area contributed by atoms with Gasteiger partial charge >= 0.3 is 0 Å². The van der Waals surface area contributed by atoms with Gasteiger partial charge in [-0.2, -0.15) is 0 Å². The number of pyridine rings is 1. The molecule has 0 amide bonds. The lowest BCUT2D eigenvalue weighted by molar-refractivity contribution is 0.436. The summed E-state index contributed by atoms with van der Waals surface area (Å²) < 4.78 is 6.45. The van der Waals surface area contributed by atoms with Gasteiger partial charge in [0.05, 0.1) is 11.3 Å². The highest BCUT2D eigenvalue weighted by molar-refractivity contribution is 9.10. The maximum Gasteiger partial charge on any atom is 0.178 e. The molecular weight excluding hydrogens is 318 g/mol. The zero-order valence-electron chi connectivity index (χ0n) is 10.8. The quantitative estimate of drug-likeness (QED) is 0.770. The average molecular weight is 330 g/mol. The van der Waals surface area contributed by atoms with Gasteiger partial charge in [-0.1, -0.05) is 27.2 Å². The number of hydrogen-bond acceptors (Lipinski definition) is 4. The van der Waals surface area contributed by atoms with Crippen molar-refractivity contribution in [3.63, 3.8) is 0 Å². The van der Waals surface area contributed by atoms with Crippen LogP contribution in [0.4, 0.5) is 5.82 Å². The van der Waals surface area contributed by atoms with Crippen molar-refractivity contribution in [3.05, 3.63) is 52.6 Å². The maximum atomic E-state index is 5.92. The minimum absolute atomic E-state index is 0.347. The smallest absolute Gasteiger partial charge is 0.178 e. The number of hydrogen-bond donors (Lipinski definition) is 1. The molecule has 0 fully saturated rings. The topological polar surface area (TPSA) is 64.9 Å². The Balaban J connectivity index is 2.18. The van der Waals surface area contributed by atoms with E-state index in [4.69, 9.17) is 10.3 Å². The zero-order chi connectivity index (χ0) is 14.1. The fraction of sp³-hybridized carbons (Fsp3) is 0.0667. The van der Waals surface area contributed by atoms with Crippen LogP contribution in [0.3, 0.4) is 0 Å². The fourth-order valence-electron chi connectivity index (χ4n) is 2.04. The molecule has 0 aliphatic heterocycles. The lowest BCUT2D eigenvalue weighted by Gasteiger charge is -2.04. The molecule has 3 aromatic rings. The molecule has 0 bridgehead atoms. The van der Waals surface area contributed by atoms with E-state index in [2.05, 4.69) is 26.1 Å². The van der Waals surface area contributed by atoms with E-state index in [1.165, 1.54) is 0 Å².